The molecule has 0 spiro atoms. The van der Waals surface area contributed by atoms with Gasteiger partial charge < -0.3 is 10.0 Å². The minimum absolute atomic E-state index is 0.0713. The number of likely N-dealkylation sites (tertiary alicyclic amines) is 1. The smallest absolute Gasteiger partial charge is 0.308 e. The van der Waals surface area contributed by atoms with E-state index in [0.717, 1.165) is 12.2 Å². The van der Waals surface area contributed by atoms with E-state index in [1.165, 1.54) is 0 Å². The number of rotatable bonds is 5. The molecule has 0 aromatic rings. The zero-order chi connectivity index (χ0) is 12.1. The number of nitrogens with zero attached hydrogens (tertiary/aromatic N) is 1. The van der Waals surface area contributed by atoms with Crippen molar-refractivity contribution in [2.45, 2.75) is 19.8 Å². The highest BCUT2D eigenvalue weighted by molar-refractivity contribution is 7.98. The van der Waals surface area contributed by atoms with Crippen molar-refractivity contribution in [3.05, 3.63) is 0 Å². The molecule has 2 atom stereocenters. The summed E-state index contributed by atoms with van der Waals surface area (Å²) >= 11 is 1.73. The fourth-order valence-electron chi connectivity index (χ4n) is 2.02. The molecule has 16 heavy (non-hydrogen) atoms. The summed E-state index contributed by atoms with van der Waals surface area (Å²) in [4.78, 5) is 24.4. The Morgan fingerprint density at radius 2 is 2.12 bits per heavy atom. The predicted octanol–water partition coefficient (Wildman–Crippen LogP) is 1.31. The number of hydrogen-bond acceptors (Lipinski definition) is 3. The van der Waals surface area contributed by atoms with Crippen molar-refractivity contribution in [2.75, 3.05) is 25.1 Å². The van der Waals surface area contributed by atoms with Crippen molar-refractivity contribution in [1.29, 1.82) is 0 Å². The van der Waals surface area contributed by atoms with Crippen molar-refractivity contribution < 1.29 is 14.7 Å². The van der Waals surface area contributed by atoms with Crippen molar-refractivity contribution >= 4 is 23.6 Å². The molecule has 1 amide bonds. The molecular weight excluding hydrogens is 226 g/mol. The quantitative estimate of drug-likeness (QED) is 0.742. The molecule has 1 N–H and O–H groups in total. The number of amides is 1. The lowest BCUT2D eigenvalue weighted by molar-refractivity contribution is -0.142. The van der Waals surface area contributed by atoms with Gasteiger partial charge in [0.05, 0.1) is 5.92 Å². The van der Waals surface area contributed by atoms with Crippen LogP contribution in [0.5, 0.6) is 0 Å². The third-order valence-electron chi connectivity index (χ3n) is 3.02. The third kappa shape index (κ3) is 3.40. The number of aliphatic carboxylic acids is 1. The fourth-order valence-corrected chi connectivity index (χ4v) is 2.45. The molecule has 0 bridgehead atoms. The lowest BCUT2D eigenvalue weighted by atomic mass is 9.99. The highest BCUT2D eigenvalue weighted by Gasteiger charge is 2.36. The zero-order valence-electron chi connectivity index (χ0n) is 9.81. The number of thioether (sulfide) groups is 1. The number of carbonyl (C=O) groups excluding carboxylic acids is 1. The van der Waals surface area contributed by atoms with Crippen LogP contribution in [0.25, 0.3) is 0 Å². The van der Waals surface area contributed by atoms with Gasteiger partial charge in [0.2, 0.25) is 5.91 Å². The maximum atomic E-state index is 11.8. The van der Waals surface area contributed by atoms with Crippen LogP contribution in [0.15, 0.2) is 0 Å². The average molecular weight is 245 g/mol. The summed E-state index contributed by atoms with van der Waals surface area (Å²) in [6, 6.07) is 0. The summed E-state index contributed by atoms with van der Waals surface area (Å²) in [6.45, 7) is 2.87. The molecule has 1 aliphatic rings. The summed E-state index contributed by atoms with van der Waals surface area (Å²) in [5.74, 6) is -0.0135. The molecular formula is C11H19NO3S. The summed E-state index contributed by atoms with van der Waals surface area (Å²) < 4.78 is 0. The summed E-state index contributed by atoms with van der Waals surface area (Å²) in [5, 5.41) is 8.96. The SMILES string of the molecule is CSCCCC(=O)N1C[C@@H](C)[C@H](C(=O)O)C1. The number of carbonyl (C=O) groups is 2. The first kappa shape index (κ1) is 13.4. The second kappa shape index (κ2) is 6.13. The number of carboxylic acids is 1. The lowest BCUT2D eigenvalue weighted by Gasteiger charge is -2.15. The minimum Gasteiger partial charge on any atom is -0.481 e. The molecule has 0 aliphatic carbocycles. The summed E-state index contributed by atoms with van der Waals surface area (Å²) in [7, 11) is 0. The number of carboxylic acid groups (broad SMARTS) is 1. The standard InChI is InChI=1S/C11H19NO3S/c1-8-6-12(7-9(8)11(14)15)10(13)4-3-5-16-2/h8-9H,3-7H2,1-2H3,(H,14,15)/t8-,9-/m1/s1. The zero-order valence-corrected chi connectivity index (χ0v) is 10.6. The van der Waals surface area contributed by atoms with Crippen molar-refractivity contribution in [1.82, 2.24) is 4.90 Å². The van der Waals surface area contributed by atoms with Gasteiger partial charge in [-0.15, -0.1) is 0 Å². The monoisotopic (exact) mass is 245 g/mol. The van der Waals surface area contributed by atoms with Crippen LogP contribution in [0, 0.1) is 11.8 Å². The average Bonchev–Trinajstić information content (AvgIpc) is 2.60. The van der Waals surface area contributed by atoms with E-state index >= 15 is 0 Å². The predicted molar refractivity (Wildman–Crippen MR) is 64.5 cm³/mol. The first-order chi connectivity index (χ1) is 7.56. The number of hydrogen-bond donors (Lipinski definition) is 1. The van der Waals surface area contributed by atoms with E-state index in [2.05, 4.69) is 0 Å². The molecule has 0 radical (unpaired) electrons. The Morgan fingerprint density at radius 1 is 1.44 bits per heavy atom. The maximum Gasteiger partial charge on any atom is 0.308 e. The molecule has 1 saturated heterocycles. The van der Waals surface area contributed by atoms with E-state index in [-0.39, 0.29) is 17.7 Å². The first-order valence-electron chi connectivity index (χ1n) is 5.55. The Morgan fingerprint density at radius 3 is 2.62 bits per heavy atom. The lowest BCUT2D eigenvalue weighted by Crippen LogP contribution is -2.29. The molecule has 0 unspecified atom stereocenters. The molecule has 5 heteroatoms. The largest absolute Gasteiger partial charge is 0.481 e. The van der Waals surface area contributed by atoms with Crippen LogP contribution >= 0.6 is 11.8 Å². The van der Waals surface area contributed by atoms with Crippen molar-refractivity contribution in [3.8, 4) is 0 Å². The van der Waals surface area contributed by atoms with Crippen LogP contribution in [-0.2, 0) is 9.59 Å². The van der Waals surface area contributed by atoms with Crippen LogP contribution in [0.4, 0.5) is 0 Å². The maximum absolute atomic E-state index is 11.8. The molecule has 1 aliphatic heterocycles. The van der Waals surface area contributed by atoms with E-state index in [9.17, 15) is 9.59 Å². The van der Waals surface area contributed by atoms with Gasteiger partial charge in [0, 0.05) is 19.5 Å². The molecule has 1 heterocycles. The third-order valence-corrected chi connectivity index (χ3v) is 3.72. The second-order valence-electron chi connectivity index (χ2n) is 4.32. The van der Waals surface area contributed by atoms with Gasteiger partial charge in [-0.3, -0.25) is 9.59 Å². The summed E-state index contributed by atoms with van der Waals surface area (Å²) in [6.07, 6.45) is 3.44. The van der Waals surface area contributed by atoms with E-state index in [0.29, 0.717) is 19.5 Å². The van der Waals surface area contributed by atoms with Gasteiger partial charge in [-0.2, -0.15) is 11.8 Å². The Bertz CT molecular complexity index is 270. The van der Waals surface area contributed by atoms with Gasteiger partial charge in [-0.05, 0) is 24.3 Å². The molecule has 0 aromatic carbocycles. The van der Waals surface area contributed by atoms with E-state index in [1.54, 1.807) is 16.7 Å². The van der Waals surface area contributed by atoms with Crippen molar-refractivity contribution in [3.63, 3.8) is 0 Å². The molecule has 4 nitrogen and oxygen atoms in total. The van der Waals surface area contributed by atoms with Gasteiger partial charge in [-0.25, -0.2) is 0 Å². The van der Waals surface area contributed by atoms with E-state index in [1.807, 2.05) is 13.2 Å². The highest BCUT2D eigenvalue weighted by Crippen LogP contribution is 2.23. The minimum atomic E-state index is -0.785. The van der Waals surface area contributed by atoms with E-state index in [4.69, 9.17) is 5.11 Å². The van der Waals surface area contributed by atoms with Gasteiger partial charge in [0.25, 0.3) is 0 Å². The molecule has 0 saturated carbocycles. The molecule has 0 aromatic heterocycles. The summed E-state index contributed by atoms with van der Waals surface area (Å²) in [5.41, 5.74) is 0. The van der Waals surface area contributed by atoms with Crippen molar-refractivity contribution in [2.24, 2.45) is 11.8 Å². The second-order valence-corrected chi connectivity index (χ2v) is 5.30. The molecule has 1 rings (SSSR count). The Kier molecular flexibility index (Phi) is 5.12. The van der Waals surface area contributed by atoms with Crippen LogP contribution in [0.1, 0.15) is 19.8 Å². The normalized spacial score (nSPS) is 24.8. The first-order valence-corrected chi connectivity index (χ1v) is 6.95. The molecule has 92 valence electrons. The Labute approximate surface area is 100 Å². The highest BCUT2D eigenvalue weighted by atomic mass is 32.2. The van der Waals surface area contributed by atoms with Crippen LogP contribution in [0.2, 0.25) is 0 Å². The van der Waals surface area contributed by atoms with Gasteiger partial charge in [0.1, 0.15) is 0 Å². The van der Waals surface area contributed by atoms with Gasteiger partial charge >= 0.3 is 5.97 Å². The van der Waals surface area contributed by atoms with Crippen LogP contribution in [-0.4, -0.2) is 47.0 Å². The van der Waals surface area contributed by atoms with Crippen LogP contribution in [0.3, 0.4) is 0 Å². The van der Waals surface area contributed by atoms with Gasteiger partial charge in [0.15, 0.2) is 0 Å². The fraction of sp³-hybridized carbons (Fsp3) is 0.818. The van der Waals surface area contributed by atoms with Crippen LogP contribution < -0.4 is 0 Å². The Balaban J connectivity index is 2.39. The topological polar surface area (TPSA) is 57.6 Å². The van der Waals surface area contributed by atoms with E-state index < -0.39 is 5.97 Å². The van der Waals surface area contributed by atoms with Gasteiger partial charge in [-0.1, -0.05) is 6.92 Å². The molecule has 1 fully saturated rings. The Hall–Kier alpha value is -0.710.